The van der Waals surface area contributed by atoms with Gasteiger partial charge in [-0.05, 0) is 52.7 Å². The number of carbonyl (C=O) groups is 1. The van der Waals surface area contributed by atoms with E-state index in [1.54, 1.807) is 13.0 Å². The van der Waals surface area contributed by atoms with Gasteiger partial charge in [-0.25, -0.2) is 4.79 Å². The van der Waals surface area contributed by atoms with Crippen molar-refractivity contribution >= 4 is 34.2 Å². The summed E-state index contributed by atoms with van der Waals surface area (Å²) in [5.74, 6) is -1.02. The fourth-order valence-corrected chi connectivity index (χ4v) is 1.61. The summed E-state index contributed by atoms with van der Waals surface area (Å²) in [6, 6.07) is 3.00. The molecule has 0 aliphatic heterocycles. The van der Waals surface area contributed by atoms with E-state index in [0.717, 1.165) is 3.57 Å². The van der Waals surface area contributed by atoms with Crippen molar-refractivity contribution in [3.63, 3.8) is 0 Å². The highest BCUT2D eigenvalue weighted by Crippen LogP contribution is 2.24. The van der Waals surface area contributed by atoms with Gasteiger partial charge in [-0.15, -0.1) is 0 Å². The SMILES string of the molecule is Cc1c(I)cc(N=[N+]=[N-])cc1C(=O)O. The van der Waals surface area contributed by atoms with Crippen LogP contribution in [0.25, 0.3) is 10.4 Å². The fraction of sp³-hybridized carbons (Fsp3) is 0.125. The monoisotopic (exact) mass is 303 g/mol. The highest BCUT2D eigenvalue weighted by atomic mass is 127. The van der Waals surface area contributed by atoms with Crippen molar-refractivity contribution in [3.05, 3.63) is 37.3 Å². The summed E-state index contributed by atoms with van der Waals surface area (Å²) in [7, 11) is 0. The normalized spacial score (nSPS) is 9.29. The minimum absolute atomic E-state index is 0.166. The molecule has 6 heteroatoms. The largest absolute Gasteiger partial charge is 0.478 e. The first-order valence-electron chi connectivity index (χ1n) is 3.65. The summed E-state index contributed by atoms with van der Waals surface area (Å²) in [6.07, 6.45) is 0. The Bertz CT molecular complexity index is 438. The molecule has 0 unspecified atom stereocenters. The summed E-state index contributed by atoms with van der Waals surface area (Å²) in [4.78, 5) is 13.4. The Kier molecular flexibility index (Phi) is 3.32. The number of rotatable bonds is 2. The zero-order chi connectivity index (χ0) is 10.7. The third-order valence-corrected chi connectivity index (χ3v) is 2.84. The van der Waals surface area contributed by atoms with Crippen LogP contribution >= 0.6 is 22.6 Å². The van der Waals surface area contributed by atoms with Gasteiger partial charge in [-0.1, -0.05) is 5.11 Å². The lowest BCUT2D eigenvalue weighted by molar-refractivity contribution is 0.0696. The highest BCUT2D eigenvalue weighted by molar-refractivity contribution is 14.1. The average molecular weight is 303 g/mol. The van der Waals surface area contributed by atoms with Crippen LogP contribution in [0.5, 0.6) is 0 Å². The number of halogens is 1. The first kappa shape index (κ1) is 10.8. The van der Waals surface area contributed by atoms with E-state index in [4.69, 9.17) is 10.6 Å². The molecular formula is C8H6IN3O2. The van der Waals surface area contributed by atoms with Crippen LogP contribution in [0.1, 0.15) is 15.9 Å². The van der Waals surface area contributed by atoms with Gasteiger partial charge in [0, 0.05) is 14.2 Å². The van der Waals surface area contributed by atoms with Crippen LogP contribution in [-0.2, 0) is 0 Å². The Hall–Kier alpha value is -1.27. The number of hydrogen-bond donors (Lipinski definition) is 1. The molecule has 0 spiro atoms. The number of carboxylic acid groups (broad SMARTS) is 1. The van der Waals surface area contributed by atoms with Gasteiger partial charge in [0.05, 0.1) is 5.56 Å². The molecule has 0 heterocycles. The molecule has 0 bridgehead atoms. The number of hydrogen-bond acceptors (Lipinski definition) is 2. The maximum Gasteiger partial charge on any atom is 0.336 e. The number of nitrogens with zero attached hydrogens (tertiary/aromatic N) is 3. The summed E-state index contributed by atoms with van der Waals surface area (Å²) in [6.45, 7) is 1.71. The van der Waals surface area contributed by atoms with Crippen molar-refractivity contribution in [1.29, 1.82) is 0 Å². The number of aromatic carboxylic acids is 1. The van der Waals surface area contributed by atoms with Crippen LogP contribution in [0.15, 0.2) is 17.2 Å². The lowest BCUT2D eigenvalue weighted by atomic mass is 10.1. The van der Waals surface area contributed by atoms with Crippen molar-refractivity contribution in [2.24, 2.45) is 5.11 Å². The van der Waals surface area contributed by atoms with Gasteiger partial charge in [0.1, 0.15) is 0 Å². The van der Waals surface area contributed by atoms with E-state index in [-0.39, 0.29) is 5.56 Å². The lowest BCUT2D eigenvalue weighted by Gasteiger charge is -2.04. The van der Waals surface area contributed by atoms with Crippen LogP contribution in [0.4, 0.5) is 5.69 Å². The van der Waals surface area contributed by atoms with Crippen LogP contribution < -0.4 is 0 Å². The molecule has 0 fully saturated rings. The Morgan fingerprint density at radius 1 is 1.64 bits per heavy atom. The molecule has 72 valence electrons. The van der Waals surface area contributed by atoms with Crippen LogP contribution in [0, 0.1) is 10.5 Å². The first-order chi connectivity index (χ1) is 6.56. The second-order valence-electron chi connectivity index (χ2n) is 2.59. The molecule has 1 rings (SSSR count). The van der Waals surface area contributed by atoms with Crippen LogP contribution in [-0.4, -0.2) is 11.1 Å². The Morgan fingerprint density at radius 3 is 2.79 bits per heavy atom. The van der Waals surface area contributed by atoms with Gasteiger partial charge in [0.2, 0.25) is 0 Å². The van der Waals surface area contributed by atoms with E-state index >= 15 is 0 Å². The topological polar surface area (TPSA) is 86.1 Å². The number of benzene rings is 1. The Balaban J connectivity index is 3.42. The van der Waals surface area contributed by atoms with Crippen molar-refractivity contribution in [2.45, 2.75) is 6.92 Å². The summed E-state index contributed by atoms with van der Waals surface area (Å²) < 4.78 is 0.768. The summed E-state index contributed by atoms with van der Waals surface area (Å²) in [5, 5.41) is 12.2. The smallest absolute Gasteiger partial charge is 0.336 e. The molecule has 0 radical (unpaired) electrons. The van der Waals surface area contributed by atoms with Crippen molar-refractivity contribution in [2.75, 3.05) is 0 Å². The molecule has 0 saturated heterocycles. The van der Waals surface area contributed by atoms with E-state index < -0.39 is 5.97 Å². The standard InChI is InChI=1S/C8H6IN3O2/c1-4-6(8(13)14)2-5(11-12-10)3-7(4)9/h2-3H,1H3,(H,13,14). The van der Waals surface area contributed by atoms with E-state index in [2.05, 4.69) is 10.0 Å². The number of carboxylic acids is 1. The molecular weight excluding hydrogens is 297 g/mol. The Labute approximate surface area is 93.5 Å². The maximum atomic E-state index is 10.8. The molecule has 0 aliphatic carbocycles. The third-order valence-electron chi connectivity index (χ3n) is 1.72. The van der Waals surface area contributed by atoms with Crippen LogP contribution in [0.2, 0.25) is 0 Å². The zero-order valence-corrected chi connectivity index (χ0v) is 9.39. The third kappa shape index (κ3) is 2.15. The summed E-state index contributed by atoms with van der Waals surface area (Å²) >= 11 is 2.00. The second-order valence-corrected chi connectivity index (χ2v) is 3.76. The zero-order valence-electron chi connectivity index (χ0n) is 7.23. The van der Waals surface area contributed by atoms with E-state index in [9.17, 15) is 4.79 Å². The maximum absolute atomic E-state index is 10.8. The minimum atomic E-state index is -1.02. The van der Waals surface area contributed by atoms with E-state index in [1.165, 1.54) is 6.07 Å². The molecule has 0 atom stereocenters. The summed E-state index contributed by atoms with van der Waals surface area (Å²) in [5.41, 5.74) is 9.38. The van der Waals surface area contributed by atoms with Crippen molar-refractivity contribution < 1.29 is 9.90 Å². The molecule has 0 saturated carbocycles. The van der Waals surface area contributed by atoms with Gasteiger partial charge in [-0.3, -0.25) is 0 Å². The molecule has 1 aromatic carbocycles. The highest BCUT2D eigenvalue weighted by Gasteiger charge is 2.10. The van der Waals surface area contributed by atoms with Crippen LogP contribution in [0.3, 0.4) is 0 Å². The van der Waals surface area contributed by atoms with Crippen molar-refractivity contribution in [1.82, 2.24) is 0 Å². The van der Waals surface area contributed by atoms with E-state index in [1.807, 2.05) is 22.6 Å². The molecule has 0 amide bonds. The predicted octanol–water partition coefficient (Wildman–Crippen LogP) is 3.24. The quantitative estimate of drug-likeness (QED) is 0.393. The molecule has 14 heavy (non-hydrogen) atoms. The van der Waals surface area contributed by atoms with Crippen molar-refractivity contribution in [3.8, 4) is 0 Å². The van der Waals surface area contributed by atoms with Gasteiger partial charge in [0.15, 0.2) is 0 Å². The molecule has 0 aliphatic rings. The Morgan fingerprint density at radius 2 is 2.29 bits per heavy atom. The predicted molar refractivity (Wildman–Crippen MR) is 59.7 cm³/mol. The van der Waals surface area contributed by atoms with Gasteiger partial charge < -0.3 is 5.11 Å². The minimum Gasteiger partial charge on any atom is -0.478 e. The van der Waals surface area contributed by atoms with E-state index in [0.29, 0.717) is 11.3 Å². The number of azide groups is 1. The van der Waals surface area contributed by atoms with Gasteiger partial charge >= 0.3 is 5.97 Å². The molecule has 5 nitrogen and oxygen atoms in total. The molecule has 0 aromatic heterocycles. The second kappa shape index (κ2) is 4.30. The molecule has 1 N–H and O–H groups in total. The van der Waals surface area contributed by atoms with Gasteiger partial charge in [0.25, 0.3) is 0 Å². The average Bonchev–Trinajstić information content (AvgIpc) is 2.11. The lowest BCUT2D eigenvalue weighted by Crippen LogP contribution is -2.00. The fourth-order valence-electron chi connectivity index (χ4n) is 0.996. The first-order valence-corrected chi connectivity index (χ1v) is 4.72. The van der Waals surface area contributed by atoms with Gasteiger partial charge in [-0.2, -0.15) is 0 Å². The molecule has 1 aromatic rings.